The second-order valence-electron chi connectivity index (χ2n) is 18.2. The number of aryl methyl sites for hydroxylation is 1. The average molecular weight is 973 g/mol. The van der Waals surface area contributed by atoms with Crippen molar-refractivity contribution in [3.8, 4) is 11.5 Å². The Balaban J connectivity index is 0.785. The van der Waals surface area contributed by atoms with E-state index in [1.165, 1.54) is 48.0 Å². The molecule has 0 bridgehead atoms. The number of benzene rings is 3. The maximum absolute atomic E-state index is 12.5. The number of anilines is 7. The van der Waals surface area contributed by atoms with Crippen LogP contribution in [0.25, 0.3) is 0 Å². The molecule has 2 amide bonds. The predicted molar refractivity (Wildman–Crippen MR) is 270 cm³/mol. The van der Waals surface area contributed by atoms with Crippen LogP contribution >= 0.6 is 11.6 Å². The number of hydrogen-bond acceptors (Lipinski definition) is 15. The van der Waals surface area contributed by atoms with Gasteiger partial charge in [-0.3, -0.25) is 29.0 Å². The summed E-state index contributed by atoms with van der Waals surface area (Å²) >= 11 is 6.57. The molecule has 68 heavy (non-hydrogen) atoms. The van der Waals surface area contributed by atoms with Crippen molar-refractivity contribution in [2.45, 2.75) is 57.4 Å². The number of sulfonamides is 1. The van der Waals surface area contributed by atoms with Crippen molar-refractivity contribution in [1.82, 2.24) is 30.0 Å². The van der Waals surface area contributed by atoms with Crippen LogP contribution in [-0.2, 0) is 26.0 Å². The first-order chi connectivity index (χ1) is 32.8. The summed E-state index contributed by atoms with van der Waals surface area (Å²) in [6.45, 7) is 14.9. The Labute approximate surface area is 406 Å². The Morgan fingerprint density at radius 1 is 0.824 bits per heavy atom. The van der Waals surface area contributed by atoms with Crippen LogP contribution in [0.4, 0.5) is 40.2 Å². The number of hydrogen-bond donors (Lipinski definition) is 3. The van der Waals surface area contributed by atoms with E-state index in [0.29, 0.717) is 53.5 Å². The zero-order valence-electron chi connectivity index (χ0n) is 40.0. The molecule has 366 valence electrons. The number of carbonyl (C=O) groups excluding carboxylic acids is 2. The van der Waals surface area contributed by atoms with E-state index in [4.69, 9.17) is 21.1 Å². The normalized spacial score (nSPS) is 19.2. The molecule has 4 fully saturated rings. The van der Waals surface area contributed by atoms with Crippen LogP contribution in [0, 0.1) is 0 Å². The Morgan fingerprint density at radius 2 is 1.51 bits per heavy atom. The number of halogens is 1. The van der Waals surface area contributed by atoms with Crippen molar-refractivity contribution in [3.05, 3.63) is 76.9 Å². The van der Waals surface area contributed by atoms with Gasteiger partial charge in [0.05, 0.1) is 49.7 Å². The standard InChI is InChI=1S/C49H66ClN11O6S/c1-6-34-30-42(53-49-51-33-40(50)47(55-49)52-41-14-12-38(66-3)31-44(41)56(2)68(5,64)65)45(67-4)32-43(34)61-20-16-37(17-21-61)60-28-24-58(25-29-60)19-7-18-57-22-26-59(27-23-57)36-10-8-35(9-11-36)39-13-15-46(62)54-48(39)63/h8-12,14,30-33,37,39H,6-7,13,15-29H2,1-5H3,(H,54,62,63)(H2,51,52,53,55). The van der Waals surface area contributed by atoms with Gasteiger partial charge in [0.2, 0.25) is 27.8 Å². The van der Waals surface area contributed by atoms with E-state index in [2.05, 4.69) is 93.7 Å². The van der Waals surface area contributed by atoms with Gasteiger partial charge < -0.3 is 34.8 Å². The minimum Gasteiger partial charge on any atom is -0.497 e. The fraction of sp³-hybridized carbons (Fsp3) is 0.510. The molecule has 17 nitrogen and oxygen atoms in total. The summed E-state index contributed by atoms with van der Waals surface area (Å²) in [5, 5.41) is 9.27. The monoisotopic (exact) mass is 971 g/mol. The van der Waals surface area contributed by atoms with Crippen LogP contribution in [0.1, 0.15) is 56.1 Å². The first-order valence-corrected chi connectivity index (χ1v) is 26.0. The molecule has 3 N–H and O–H groups in total. The highest BCUT2D eigenvalue weighted by Gasteiger charge is 2.30. The van der Waals surface area contributed by atoms with Crippen LogP contribution in [0.3, 0.4) is 0 Å². The van der Waals surface area contributed by atoms with E-state index in [1.807, 2.05) is 0 Å². The highest BCUT2D eigenvalue weighted by atomic mass is 35.5. The van der Waals surface area contributed by atoms with Gasteiger partial charge in [0, 0.05) is 108 Å². The predicted octanol–water partition coefficient (Wildman–Crippen LogP) is 5.91. The van der Waals surface area contributed by atoms with Crippen molar-refractivity contribution in [3.63, 3.8) is 0 Å². The number of methoxy groups -OCH3 is 2. The summed E-state index contributed by atoms with van der Waals surface area (Å²) in [6.07, 6.45) is 7.85. The molecule has 0 spiro atoms. The first kappa shape index (κ1) is 49.0. The molecule has 0 aliphatic carbocycles. The van der Waals surface area contributed by atoms with Crippen molar-refractivity contribution < 1.29 is 27.5 Å². The van der Waals surface area contributed by atoms with E-state index < -0.39 is 10.0 Å². The third-order valence-electron chi connectivity index (χ3n) is 14.0. The molecule has 4 aliphatic rings. The van der Waals surface area contributed by atoms with Gasteiger partial charge >= 0.3 is 0 Å². The highest BCUT2D eigenvalue weighted by molar-refractivity contribution is 7.92. The number of nitrogens with one attached hydrogen (secondary N) is 3. The molecule has 19 heteroatoms. The Morgan fingerprint density at radius 3 is 2.15 bits per heavy atom. The molecular weight excluding hydrogens is 906 g/mol. The minimum atomic E-state index is -3.58. The zero-order valence-corrected chi connectivity index (χ0v) is 41.5. The molecule has 8 rings (SSSR count). The number of piperazine rings is 2. The topological polar surface area (TPSA) is 168 Å². The lowest BCUT2D eigenvalue weighted by Gasteiger charge is -2.43. The van der Waals surface area contributed by atoms with Gasteiger partial charge in [0.25, 0.3) is 0 Å². The van der Waals surface area contributed by atoms with Crippen molar-refractivity contribution in [2.75, 3.05) is 131 Å². The fourth-order valence-corrected chi connectivity index (χ4v) is 10.6. The Bertz CT molecular complexity index is 2510. The number of imide groups is 1. The fourth-order valence-electron chi connectivity index (χ4n) is 9.91. The molecule has 4 aromatic rings. The van der Waals surface area contributed by atoms with Crippen molar-refractivity contribution in [2.24, 2.45) is 0 Å². The molecule has 1 unspecified atom stereocenters. The number of ether oxygens (including phenoxy) is 2. The molecular formula is C49H66ClN11O6S. The van der Waals surface area contributed by atoms with E-state index in [-0.39, 0.29) is 22.8 Å². The number of aromatic nitrogens is 2. The molecule has 4 aliphatic heterocycles. The maximum atomic E-state index is 12.5. The van der Waals surface area contributed by atoms with Gasteiger partial charge in [-0.1, -0.05) is 30.7 Å². The molecule has 0 radical (unpaired) electrons. The van der Waals surface area contributed by atoms with Crippen LogP contribution < -0.4 is 39.5 Å². The molecule has 0 saturated carbocycles. The Hall–Kier alpha value is -5.40. The van der Waals surface area contributed by atoms with Crippen LogP contribution in [0.5, 0.6) is 11.5 Å². The third kappa shape index (κ3) is 11.7. The Kier molecular flexibility index (Phi) is 15.8. The average Bonchev–Trinajstić information content (AvgIpc) is 3.35. The quantitative estimate of drug-likeness (QED) is 0.107. The number of piperidine rings is 2. The highest BCUT2D eigenvalue weighted by Crippen LogP contribution is 2.39. The van der Waals surface area contributed by atoms with Gasteiger partial charge in [-0.15, -0.1) is 0 Å². The second kappa shape index (κ2) is 21.9. The SMILES string of the molecule is CCc1cc(Nc2ncc(Cl)c(Nc3ccc(OC)cc3N(C)S(C)(=O)=O)n2)c(OC)cc1N1CCC(N2CCN(CCCN3CCN(c4ccc(C5CCC(=O)NC5=O)cc4)CC3)CC2)CC1. The summed E-state index contributed by atoms with van der Waals surface area (Å²) < 4.78 is 37.4. The first-order valence-electron chi connectivity index (χ1n) is 23.8. The molecule has 1 aromatic heterocycles. The number of nitrogens with zero attached hydrogens (tertiary/aromatic N) is 8. The lowest BCUT2D eigenvalue weighted by Crippen LogP contribution is -2.53. The van der Waals surface area contributed by atoms with Gasteiger partial charge in [-0.25, -0.2) is 13.4 Å². The van der Waals surface area contributed by atoms with Gasteiger partial charge in [0.1, 0.15) is 16.5 Å². The number of rotatable bonds is 17. The molecule has 3 aromatic carbocycles. The third-order valence-corrected chi connectivity index (χ3v) is 15.5. The van der Waals surface area contributed by atoms with E-state index >= 15 is 0 Å². The van der Waals surface area contributed by atoms with E-state index in [1.54, 1.807) is 25.3 Å². The summed E-state index contributed by atoms with van der Waals surface area (Å²) in [4.78, 5) is 45.9. The molecule has 1 atom stereocenters. The summed E-state index contributed by atoms with van der Waals surface area (Å²) in [5.74, 6) is 1.16. The lowest BCUT2D eigenvalue weighted by molar-refractivity contribution is -0.134. The smallest absolute Gasteiger partial charge is 0.234 e. The summed E-state index contributed by atoms with van der Waals surface area (Å²) in [7, 11) is 1.08. The molecule has 4 saturated heterocycles. The largest absolute Gasteiger partial charge is 0.497 e. The summed E-state index contributed by atoms with van der Waals surface area (Å²) in [6, 6.07) is 18.2. The number of carbonyl (C=O) groups is 2. The van der Waals surface area contributed by atoms with Crippen LogP contribution in [-0.4, -0.2) is 157 Å². The minimum absolute atomic E-state index is 0.178. The lowest BCUT2D eigenvalue weighted by atomic mass is 9.90. The summed E-state index contributed by atoms with van der Waals surface area (Å²) in [5.41, 5.74) is 6.12. The number of amides is 2. The maximum Gasteiger partial charge on any atom is 0.234 e. The van der Waals surface area contributed by atoms with Crippen molar-refractivity contribution in [1.29, 1.82) is 0 Å². The van der Waals surface area contributed by atoms with Crippen LogP contribution in [0.15, 0.2) is 60.8 Å². The van der Waals surface area contributed by atoms with Gasteiger partial charge in [-0.2, -0.15) is 4.98 Å². The molecule has 5 heterocycles. The van der Waals surface area contributed by atoms with Gasteiger partial charge in [0.15, 0.2) is 5.82 Å². The van der Waals surface area contributed by atoms with E-state index in [9.17, 15) is 18.0 Å². The second-order valence-corrected chi connectivity index (χ2v) is 20.6. The van der Waals surface area contributed by atoms with Gasteiger partial charge in [-0.05, 0) is 86.7 Å². The van der Waals surface area contributed by atoms with E-state index in [0.717, 1.165) is 115 Å². The van der Waals surface area contributed by atoms with Crippen LogP contribution in [0.2, 0.25) is 5.02 Å². The van der Waals surface area contributed by atoms with Crippen molar-refractivity contribution >= 4 is 73.6 Å². The zero-order chi connectivity index (χ0) is 48.0.